The Kier molecular flexibility index (Phi) is 3.87. The van der Waals surface area contributed by atoms with Crippen LogP contribution >= 0.6 is 15.9 Å². The van der Waals surface area contributed by atoms with Crippen LogP contribution < -0.4 is 0 Å². The zero-order valence-corrected chi connectivity index (χ0v) is 17.4. The summed E-state index contributed by atoms with van der Waals surface area (Å²) in [5, 5.41) is 11.2. The first-order valence-corrected chi connectivity index (χ1v) is 10.3. The molecule has 140 valence electrons. The maximum atomic E-state index is 13.2. The maximum absolute atomic E-state index is 13.2. The molecule has 0 radical (unpaired) electrons. The molecule has 2 aliphatic rings. The molecule has 0 amide bonds. The SMILES string of the molecule is CC1(C)CC(=O)c2c(nc3c(c2-c2ccc(Br)cc2)[C@H](O)c2ccccc2-3)C1. The minimum Gasteiger partial charge on any atom is -0.384 e. The number of aromatic nitrogens is 1. The fourth-order valence-electron chi connectivity index (χ4n) is 4.61. The topological polar surface area (TPSA) is 50.2 Å². The van der Waals surface area contributed by atoms with Crippen molar-refractivity contribution in [2.45, 2.75) is 32.8 Å². The summed E-state index contributed by atoms with van der Waals surface area (Å²) in [7, 11) is 0. The lowest BCUT2D eigenvalue weighted by Gasteiger charge is -2.32. The molecule has 1 N–H and O–H groups in total. The normalized spacial score (nSPS) is 19.1. The van der Waals surface area contributed by atoms with Crippen LogP contribution in [0.5, 0.6) is 0 Å². The molecular weight excluding hydrogens is 414 g/mol. The van der Waals surface area contributed by atoms with Gasteiger partial charge in [0.15, 0.2) is 5.78 Å². The van der Waals surface area contributed by atoms with Crippen molar-refractivity contribution in [2.24, 2.45) is 5.41 Å². The Balaban J connectivity index is 1.88. The fraction of sp³-hybridized carbons (Fsp3) is 0.250. The third kappa shape index (κ3) is 2.59. The van der Waals surface area contributed by atoms with Gasteiger partial charge in [0, 0.05) is 33.1 Å². The highest BCUT2D eigenvalue weighted by molar-refractivity contribution is 9.10. The van der Waals surface area contributed by atoms with E-state index in [0.29, 0.717) is 12.0 Å². The van der Waals surface area contributed by atoms with Crippen LogP contribution in [0.15, 0.2) is 53.0 Å². The molecule has 2 aromatic carbocycles. The summed E-state index contributed by atoms with van der Waals surface area (Å²) in [6, 6.07) is 15.8. The number of aliphatic hydroxyl groups is 1. The number of fused-ring (bicyclic) bond motifs is 4. The van der Waals surface area contributed by atoms with Gasteiger partial charge >= 0.3 is 0 Å². The zero-order valence-electron chi connectivity index (χ0n) is 15.8. The van der Waals surface area contributed by atoms with Gasteiger partial charge in [-0.3, -0.25) is 9.78 Å². The summed E-state index contributed by atoms with van der Waals surface area (Å²) >= 11 is 3.49. The minimum absolute atomic E-state index is 0.112. The van der Waals surface area contributed by atoms with Gasteiger partial charge in [-0.25, -0.2) is 0 Å². The third-order valence-corrected chi connectivity index (χ3v) is 6.32. The largest absolute Gasteiger partial charge is 0.384 e. The van der Waals surface area contributed by atoms with Gasteiger partial charge in [0.25, 0.3) is 0 Å². The number of carbonyl (C=O) groups excluding carboxylic acids is 1. The van der Waals surface area contributed by atoms with Gasteiger partial charge in [-0.2, -0.15) is 0 Å². The van der Waals surface area contributed by atoms with Crippen LogP contribution in [-0.2, 0) is 6.42 Å². The number of carbonyl (C=O) groups is 1. The van der Waals surface area contributed by atoms with Crippen molar-refractivity contribution in [3.63, 3.8) is 0 Å². The van der Waals surface area contributed by atoms with Crippen LogP contribution in [0.4, 0.5) is 0 Å². The van der Waals surface area contributed by atoms with Crippen molar-refractivity contribution < 1.29 is 9.90 Å². The molecule has 0 bridgehead atoms. The van der Waals surface area contributed by atoms with Gasteiger partial charge in [-0.1, -0.05) is 66.2 Å². The van der Waals surface area contributed by atoms with Crippen molar-refractivity contribution in [1.82, 2.24) is 4.98 Å². The second kappa shape index (κ2) is 6.10. The Morgan fingerprint density at radius 2 is 1.75 bits per heavy atom. The number of rotatable bonds is 1. The van der Waals surface area contributed by atoms with Crippen LogP contribution in [0.3, 0.4) is 0 Å². The smallest absolute Gasteiger partial charge is 0.165 e. The maximum Gasteiger partial charge on any atom is 0.165 e. The predicted molar refractivity (Wildman–Crippen MR) is 113 cm³/mol. The van der Waals surface area contributed by atoms with Crippen molar-refractivity contribution >= 4 is 21.7 Å². The van der Waals surface area contributed by atoms with Gasteiger partial charge in [0.2, 0.25) is 0 Å². The number of pyridine rings is 1. The van der Waals surface area contributed by atoms with Crippen molar-refractivity contribution in [2.75, 3.05) is 0 Å². The van der Waals surface area contributed by atoms with Crippen LogP contribution in [0, 0.1) is 5.41 Å². The van der Waals surface area contributed by atoms with E-state index in [-0.39, 0.29) is 11.2 Å². The molecule has 0 saturated heterocycles. The van der Waals surface area contributed by atoms with Gasteiger partial charge in [-0.05, 0) is 35.1 Å². The highest BCUT2D eigenvalue weighted by atomic mass is 79.9. The Morgan fingerprint density at radius 1 is 1.04 bits per heavy atom. The molecule has 1 heterocycles. The first-order chi connectivity index (χ1) is 13.4. The van der Waals surface area contributed by atoms with E-state index in [1.54, 1.807) is 0 Å². The first-order valence-electron chi connectivity index (χ1n) is 9.49. The molecule has 0 saturated carbocycles. The summed E-state index contributed by atoms with van der Waals surface area (Å²) in [5.41, 5.74) is 6.60. The molecule has 0 fully saturated rings. The summed E-state index contributed by atoms with van der Waals surface area (Å²) in [6.45, 7) is 4.23. The second-order valence-corrected chi connectivity index (χ2v) is 9.42. The van der Waals surface area contributed by atoms with E-state index in [4.69, 9.17) is 4.98 Å². The van der Waals surface area contributed by atoms with Crippen LogP contribution in [0.25, 0.3) is 22.4 Å². The van der Waals surface area contributed by atoms with E-state index in [1.807, 2.05) is 48.5 Å². The molecule has 3 aromatic rings. The Labute approximate surface area is 172 Å². The standard InChI is InChI=1S/C24H20BrNO2/c1-24(2)11-17-20(18(27)12-24)19(13-7-9-14(25)10-8-13)21-22(26-17)15-5-3-4-6-16(15)23(21)28/h3-10,23,28H,11-12H2,1-2H3/t23-/m1/s1. The number of nitrogens with zero attached hydrogens (tertiary/aromatic N) is 1. The minimum atomic E-state index is -0.773. The third-order valence-electron chi connectivity index (χ3n) is 5.79. The fourth-order valence-corrected chi connectivity index (χ4v) is 4.87. The van der Waals surface area contributed by atoms with Crippen molar-refractivity contribution in [3.8, 4) is 22.4 Å². The number of ketones is 1. The van der Waals surface area contributed by atoms with Crippen molar-refractivity contribution in [3.05, 3.63) is 75.4 Å². The Morgan fingerprint density at radius 3 is 2.50 bits per heavy atom. The van der Waals surface area contributed by atoms with Gasteiger partial charge in [0.05, 0.1) is 11.4 Å². The molecular formula is C24H20BrNO2. The quantitative estimate of drug-likeness (QED) is 0.532. The van der Waals surface area contributed by atoms with E-state index < -0.39 is 6.10 Å². The summed E-state index contributed by atoms with van der Waals surface area (Å²) in [5.74, 6) is 0.114. The van der Waals surface area contributed by atoms with E-state index >= 15 is 0 Å². The summed E-state index contributed by atoms with van der Waals surface area (Å²) < 4.78 is 0.979. The summed E-state index contributed by atoms with van der Waals surface area (Å²) in [4.78, 5) is 18.2. The Hall–Kier alpha value is -2.30. The molecule has 1 atom stereocenters. The van der Waals surface area contributed by atoms with Gasteiger partial charge < -0.3 is 5.11 Å². The average molecular weight is 434 g/mol. The molecule has 0 spiro atoms. The van der Waals surface area contributed by atoms with Crippen molar-refractivity contribution in [1.29, 1.82) is 0 Å². The highest BCUT2D eigenvalue weighted by Gasteiger charge is 2.39. The summed E-state index contributed by atoms with van der Waals surface area (Å²) in [6.07, 6.45) is 0.473. The molecule has 28 heavy (non-hydrogen) atoms. The average Bonchev–Trinajstić information content (AvgIpc) is 2.93. The number of aliphatic hydroxyl groups excluding tert-OH is 1. The lowest BCUT2D eigenvalue weighted by atomic mass is 9.73. The Bertz CT molecular complexity index is 1130. The molecule has 2 aliphatic carbocycles. The van der Waals surface area contributed by atoms with E-state index in [0.717, 1.165) is 50.1 Å². The zero-order chi connectivity index (χ0) is 19.6. The second-order valence-electron chi connectivity index (χ2n) is 8.51. The molecule has 3 nitrogen and oxygen atoms in total. The predicted octanol–water partition coefficient (Wildman–Crippen LogP) is 5.73. The lowest BCUT2D eigenvalue weighted by molar-refractivity contribution is 0.0911. The number of hydrogen-bond donors (Lipinski definition) is 1. The first kappa shape index (κ1) is 17.8. The van der Waals surface area contributed by atoms with Crippen LogP contribution in [0.1, 0.15) is 53.6 Å². The number of hydrogen-bond acceptors (Lipinski definition) is 3. The number of benzene rings is 2. The molecule has 4 heteroatoms. The molecule has 5 rings (SSSR count). The van der Waals surface area contributed by atoms with E-state index in [1.165, 1.54) is 0 Å². The van der Waals surface area contributed by atoms with Gasteiger partial charge in [-0.15, -0.1) is 0 Å². The highest BCUT2D eigenvalue weighted by Crippen LogP contribution is 2.50. The van der Waals surface area contributed by atoms with E-state index in [2.05, 4.69) is 29.8 Å². The molecule has 1 aromatic heterocycles. The van der Waals surface area contributed by atoms with Crippen LogP contribution in [-0.4, -0.2) is 15.9 Å². The van der Waals surface area contributed by atoms with Gasteiger partial charge in [0.1, 0.15) is 6.10 Å². The molecule has 0 unspecified atom stereocenters. The number of Topliss-reactive ketones (excluding diaryl/α,β-unsaturated/α-hetero) is 1. The van der Waals surface area contributed by atoms with E-state index in [9.17, 15) is 9.90 Å². The number of halogens is 1. The van der Waals surface area contributed by atoms with Crippen LogP contribution in [0.2, 0.25) is 0 Å². The molecule has 0 aliphatic heterocycles. The monoisotopic (exact) mass is 433 g/mol. The lowest BCUT2D eigenvalue weighted by Crippen LogP contribution is -2.29.